The smallest absolute Gasteiger partial charge is 0.146 e. The number of hydrogen-bond donors (Lipinski definition) is 0. The maximum Gasteiger partial charge on any atom is 0.146 e. The van der Waals surface area contributed by atoms with E-state index in [1.165, 1.54) is 22.2 Å². The average molecular weight is 373 g/mol. The molecule has 28 heavy (non-hydrogen) atoms. The zero-order chi connectivity index (χ0) is 19.8. The number of imidazole rings is 1. The minimum absolute atomic E-state index is 0.852. The van der Waals surface area contributed by atoms with Gasteiger partial charge in [-0.15, -0.1) is 0 Å². The van der Waals surface area contributed by atoms with Gasteiger partial charge in [-0.1, -0.05) is 43.7 Å². The summed E-state index contributed by atoms with van der Waals surface area (Å²) in [5, 5.41) is 1.19. The highest BCUT2D eigenvalue weighted by molar-refractivity contribution is 5.84. The quantitative estimate of drug-likeness (QED) is 0.475. The molecule has 3 heterocycles. The molecule has 4 aromatic rings. The SMILES string of the molecule is CCN(CC)Cc1c(-c2ccc(C)cc2)nc2ccc3c(C)cc(C)nc3n12. The third kappa shape index (κ3) is 3.18. The van der Waals surface area contributed by atoms with Crippen LogP contribution in [0.5, 0.6) is 0 Å². The van der Waals surface area contributed by atoms with Gasteiger partial charge in [0.15, 0.2) is 0 Å². The lowest BCUT2D eigenvalue weighted by Crippen LogP contribution is -2.23. The molecule has 4 nitrogen and oxygen atoms in total. The maximum atomic E-state index is 5.04. The van der Waals surface area contributed by atoms with Crippen molar-refractivity contribution in [3.63, 3.8) is 0 Å². The van der Waals surface area contributed by atoms with E-state index in [1.54, 1.807) is 0 Å². The molecular weight excluding hydrogens is 344 g/mol. The second-order valence-electron chi connectivity index (χ2n) is 7.58. The minimum atomic E-state index is 0.852. The molecule has 0 amide bonds. The minimum Gasteiger partial charge on any atom is -0.298 e. The van der Waals surface area contributed by atoms with Crippen LogP contribution >= 0.6 is 0 Å². The van der Waals surface area contributed by atoms with E-state index < -0.39 is 0 Å². The normalized spacial score (nSPS) is 11.8. The average Bonchev–Trinajstić information content (AvgIpc) is 3.05. The molecule has 0 radical (unpaired) electrons. The molecule has 0 spiro atoms. The Morgan fingerprint density at radius 3 is 2.29 bits per heavy atom. The van der Waals surface area contributed by atoms with Crippen molar-refractivity contribution in [3.05, 3.63) is 65.0 Å². The zero-order valence-electron chi connectivity index (χ0n) is 17.5. The summed E-state index contributed by atoms with van der Waals surface area (Å²) >= 11 is 0. The summed E-state index contributed by atoms with van der Waals surface area (Å²) in [6.45, 7) is 13.6. The Labute approximate surface area is 166 Å². The summed E-state index contributed by atoms with van der Waals surface area (Å²) in [7, 11) is 0. The number of aromatic nitrogens is 3. The van der Waals surface area contributed by atoms with E-state index in [4.69, 9.17) is 9.97 Å². The van der Waals surface area contributed by atoms with Gasteiger partial charge in [0.2, 0.25) is 0 Å². The molecule has 0 atom stereocenters. The van der Waals surface area contributed by atoms with Gasteiger partial charge in [-0.05, 0) is 57.6 Å². The molecule has 0 bridgehead atoms. The third-order valence-corrected chi connectivity index (χ3v) is 5.58. The fraction of sp³-hybridized carbons (Fsp3) is 0.333. The van der Waals surface area contributed by atoms with Crippen molar-refractivity contribution in [1.82, 2.24) is 19.3 Å². The van der Waals surface area contributed by atoms with E-state index in [9.17, 15) is 0 Å². The third-order valence-electron chi connectivity index (χ3n) is 5.58. The molecule has 0 unspecified atom stereocenters. The van der Waals surface area contributed by atoms with Gasteiger partial charge in [0.25, 0.3) is 0 Å². The number of rotatable bonds is 5. The van der Waals surface area contributed by atoms with E-state index in [1.807, 2.05) is 0 Å². The van der Waals surface area contributed by atoms with Gasteiger partial charge >= 0.3 is 0 Å². The highest BCUT2D eigenvalue weighted by Crippen LogP contribution is 2.29. The van der Waals surface area contributed by atoms with Crippen molar-refractivity contribution >= 4 is 16.7 Å². The summed E-state index contributed by atoms with van der Waals surface area (Å²) in [6.07, 6.45) is 0. The number of benzene rings is 1. The first-order chi connectivity index (χ1) is 13.5. The number of nitrogens with zero attached hydrogens (tertiary/aromatic N) is 4. The molecule has 0 aliphatic rings. The second kappa shape index (κ2) is 7.36. The van der Waals surface area contributed by atoms with Gasteiger partial charge in [-0.2, -0.15) is 0 Å². The van der Waals surface area contributed by atoms with Gasteiger partial charge in [-0.25, -0.2) is 9.97 Å². The van der Waals surface area contributed by atoms with Gasteiger partial charge in [0.05, 0.1) is 11.4 Å². The van der Waals surface area contributed by atoms with Crippen molar-refractivity contribution in [2.75, 3.05) is 13.1 Å². The van der Waals surface area contributed by atoms with Gasteiger partial charge < -0.3 is 0 Å². The van der Waals surface area contributed by atoms with Crippen LogP contribution in [0.1, 0.15) is 36.4 Å². The van der Waals surface area contributed by atoms with Gasteiger partial charge in [0.1, 0.15) is 11.3 Å². The first kappa shape index (κ1) is 18.6. The monoisotopic (exact) mass is 372 g/mol. The van der Waals surface area contributed by atoms with Crippen LogP contribution in [0.15, 0.2) is 42.5 Å². The van der Waals surface area contributed by atoms with Crippen LogP contribution in [-0.4, -0.2) is 32.4 Å². The maximum absolute atomic E-state index is 5.04. The lowest BCUT2D eigenvalue weighted by molar-refractivity contribution is 0.292. The fourth-order valence-corrected chi connectivity index (χ4v) is 3.93. The molecule has 144 valence electrons. The summed E-state index contributed by atoms with van der Waals surface area (Å²) in [5.74, 6) is 0. The molecule has 1 aromatic carbocycles. The van der Waals surface area contributed by atoms with Crippen LogP contribution in [0.3, 0.4) is 0 Å². The predicted octanol–water partition coefficient (Wildman–Crippen LogP) is 5.32. The zero-order valence-corrected chi connectivity index (χ0v) is 17.5. The van der Waals surface area contributed by atoms with E-state index in [0.29, 0.717) is 0 Å². The van der Waals surface area contributed by atoms with Crippen LogP contribution in [0.2, 0.25) is 0 Å². The number of fused-ring (bicyclic) bond motifs is 3. The molecule has 4 heteroatoms. The number of hydrogen-bond acceptors (Lipinski definition) is 3. The Bertz CT molecular complexity index is 1140. The molecule has 0 N–H and O–H groups in total. The van der Waals surface area contributed by atoms with Crippen molar-refractivity contribution in [1.29, 1.82) is 0 Å². The molecule has 0 fully saturated rings. The van der Waals surface area contributed by atoms with Crippen molar-refractivity contribution in [2.45, 2.75) is 41.2 Å². The standard InChI is InChI=1S/C24H28N4/c1-6-27(7-2)15-21-23(19-10-8-16(3)9-11-19)26-22-13-12-20-17(4)14-18(5)25-24(20)28(21)22/h8-14H,6-7,15H2,1-5H3. The van der Waals surface area contributed by atoms with Crippen LogP contribution in [0.25, 0.3) is 27.9 Å². The summed E-state index contributed by atoms with van der Waals surface area (Å²) in [6, 6.07) is 15.1. The predicted molar refractivity (Wildman–Crippen MR) is 117 cm³/mol. The van der Waals surface area contributed by atoms with Crippen molar-refractivity contribution < 1.29 is 0 Å². The van der Waals surface area contributed by atoms with Gasteiger partial charge in [0, 0.05) is 23.2 Å². The van der Waals surface area contributed by atoms with Crippen LogP contribution in [-0.2, 0) is 6.54 Å². The highest BCUT2D eigenvalue weighted by Gasteiger charge is 2.19. The summed E-state index contributed by atoms with van der Waals surface area (Å²) in [5.41, 5.74) is 8.95. The van der Waals surface area contributed by atoms with Crippen LogP contribution in [0, 0.1) is 20.8 Å². The fourth-order valence-electron chi connectivity index (χ4n) is 3.93. The van der Waals surface area contributed by atoms with E-state index in [-0.39, 0.29) is 0 Å². The van der Waals surface area contributed by atoms with Gasteiger partial charge in [-0.3, -0.25) is 9.30 Å². The highest BCUT2D eigenvalue weighted by atomic mass is 15.2. The summed E-state index contributed by atoms with van der Waals surface area (Å²) < 4.78 is 2.27. The Kier molecular flexibility index (Phi) is 4.90. The topological polar surface area (TPSA) is 33.4 Å². The largest absolute Gasteiger partial charge is 0.298 e. The van der Waals surface area contributed by atoms with Crippen LogP contribution in [0.4, 0.5) is 0 Å². The Balaban J connectivity index is 2.06. The number of aryl methyl sites for hydroxylation is 3. The molecule has 3 aromatic heterocycles. The Hall–Kier alpha value is -2.72. The van der Waals surface area contributed by atoms with E-state index in [0.717, 1.165) is 47.9 Å². The van der Waals surface area contributed by atoms with E-state index in [2.05, 4.69) is 86.4 Å². The molecule has 0 saturated carbocycles. The van der Waals surface area contributed by atoms with Crippen molar-refractivity contribution in [3.8, 4) is 11.3 Å². The number of pyridine rings is 2. The molecule has 0 saturated heterocycles. The first-order valence-corrected chi connectivity index (χ1v) is 10.1. The second-order valence-corrected chi connectivity index (χ2v) is 7.58. The van der Waals surface area contributed by atoms with Crippen molar-refractivity contribution in [2.24, 2.45) is 0 Å². The lowest BCUT2D eigenvalue weighted by Gasteiger charge is -2.19. The first-order valence-electron chi connectivity index (χ1n) is 10.1. The summed E-state index contributed by atoms with van der Waals surface area (Å²) in [4.78, 5) is 12.4. The molecule has 4 rings (SSSR count). The van der Waals surface area contributed by atoms with E-state index >= 15 is 0 Å². The van der Waals surface area contributed by atoms with Crippen LogP contribution < -0.4 is 0 Å². The Morgan fingerprint density at radius 2 is 1.61 bits per heavy atom. The molecular formula is C24H28N4. The molecule has 0 aliphatic heterocycles. The lowest BCUT2D eigenvalue weighted by atomic mass is 10.1. The Morgan fingerprint density at radius 1 is 0.893 bits per heavy atom. The molecule has 0 aliphatic carbocycles.